The monoisotopic (exact) mass is 651 g/mol. The van der Waals surface area contributed by atoms with Crippen molar-refractivity contribution >= 4 is 39.3 Å². The van der Waals surface area contributed by atoms with Crippen molar-refractivity contribution in [2.45, 2.75) is 57.3 Å². The minimum absolute atomic E-state index is 0.0445. The Morgan fingerprint density at radius 3 is 2.64 bits per heavy atom. The number of aliphatic hydroxyl groups excluding tert-OH is 1. The Labute approximate surface area is 263 Å². The Morgan fingerprint density at radius 1 is 1.22 bits per heavy atom. The third-order valence-electron chi connectivity index (χ3n) is 10.2. The number of hydrogen-bond acceptors (Lipinski definition) is 10. The van der Waals surface area contributed by atoms with Gasteiger partial charge in [-0.2, -0.15) is 13.2 Å². The third-order valence-corrected chi connectivity index (χ3v) is 11.0. The van der Waals surface area contributed by atoms with E-state index in [9.17, 15) is 27.9 Å². The lowest BCUT2D eigenvalue weighted by atomic mass is 9.72. The zero-order valence-electron chi connectivity index (χ0n) is 25.3. The molecule has 1 spiro atoms. The summed E-state index contributed by atoms with van der Waals surface area (Å²) in [5.74, 6) is -1.95. The number of nitrogens with zero attached hydrogens (tertiary/aromatic N) is 5. The molecule has 2 unspecified atom stereocenters. The van der Waals surface area contributed by atoms with Crippen LogP contribution in [0.1, 0.15) is 39.0 Å². The van der Waals surface area contributed by atoms with Crippen molar-refractivity contribution in [1.29, 1.82) is 0 Å². The van der Waals surface area contributed by atoms with Crippen LogP contribution in [0.15, 0.2) is 24.0 Å². The maximum Gasteiger partial charge on any atom is 0.391 e. The first-order valence-electron chi connectivity index (χ1n) is 15.6. The average Bonchev–Trinajstić information content (AvgIpc) is 3.68. The molecule has 15 heteroatoms. The number of fused-ring (bicyclic) bond motifs is 1. The minimum Gasteiger partial charge on any atom is -0.396 e. The standard InChI is InChI=1S/C30H40F3N7O4S/c1-19(44-16-28(15-41)7-3-2-4-8-28)22(27(43)39-9-5-20(6-10-39)30(31,32)33)38-26(42)21-11-40(14-29(21)12-34-13-29)25-23-24(35-17-36-25)37-18-45-23/h2-3,17-22,34,41H,4-16H2,1H3,(H,38,42)/t19-,21?,22+,28?/m1/s1. The molecule has 3 aliphatic heterocycles. The Bertz CT molecular complexity index is 1410. The highest BCUT2D eigenvalue weighted by Gasteiger charge is 2.55. The summed E-state index contributed by atoms with van der Waals surface area (Å²) in [5.41, 5.74) is 1.45. The molecule has 6 rings (SSSR count). The highest BCUT2D eigenvalue weighted by molar-refractivity contribution is 7.17. The van der Waals surface area contributed by atoms with Gasteiger partial charge in [-0.1, -0.05) is 12.2 Å². The Morgan fingerprint density at radius 2 is 2.00 bits per heavy atom. The zero-order chi connectivity index (χ0) is 31.8. The van der Waals surface area contributed by atoms with Gasteiger partial charge in [-0.05, 0) is 39.0 Å². The number of carbonyl (C=O) groups is 2. The number of thiazole rings is 1. The molecule has 246 valence electrons. The molecule has 0 aromatic carbocycles. The molecule has 4 atom stereocenters. The Balaban J connectivity index is 1.20. The van der Waals surface area contributed by atoms with Crippen LogP contribution in [0, 0.1) is 22.7 Å². The number of aliphatic hydroxyl groups is 1. The zero-order valence-corrected chi connectivity index (χ0v) is 26.1. The van der Waals surface area contributed by atoms with E-state index in [0.717, 1.165) is 23.4 Å². The second-order valence-electron chi connectivity index (χ2n) is 13.1. The van der Waals surface area contributed by atoms with Crippen LogP contribution in [0.2, 0.25) is 0 Å². The molecule has 2 aromatic rings. The molecule has 11 nitrogen and oxygen atoms in total. The molecule has 1 aliphatic carbocycles. The topological polar surface area (TPSA) is 133 Å². The number of carbonyl (C=O) groups excluding carboxylic acids is 2. The van der Waals surface area contributed by atoms with Crippen LogP contribution >= 0.6 is 11.3 Å². The summed E-state index contributed by atoms with van der Waals surface area (Å²) in [6.07, 6.45) is 2.27. The van der Waals surface area contributed by atoms with Crippen LogP contribution in [0.3, 0.4) is 0 Å². The quantitative estimate of drug-likeness (QED) is 0.350. The number of halogens is 3. The first-order chi connectivity index (χ1) is 21.5. The number of nitrogens with one attached hydrogen (secondary N) is 2. The van der Waals surface area contributed by atoms with E-state index < -0.39 is 41.5 Å². The van der Waals surface area contributed by atoms with E-state index in [-0.39, 0.29) is 50.5 Å². The molecule has 2 amide bonds. The third kappa shape index (κ3) is 6.41. The van der Waals surface area contributed by atoms with Gasteiger partial charge in [0.25, 0.3) is 0 Å². The number of alkyl halides is 3. The van der Waals surface area contributed by atoms with E-state index in [1.807, 2.05) is 6.08 Å². The molecule has 0 saturated carbocycles. The molecule has 3 N–H and O–H groups in total. The van der Waals surface area contributed by atoms with E-state index in [1.165, 1.54) is 22.6 Å². The van der Waals surface area contributed by atoms with E-state index in [0.29, 0.717) is 38.2 Å². The molecule has 2 aromatic heterocycles. The normalized spacial score (nSPS) is 26.6. The largest absolute Gasteiger partial charge is 0.396 e. The maximum atomic E-state index is 14.1. The first-order valence-corrected chi connectivity index (χ1v) is 16.5. The van der Waals surface area contributed by atoms with Gasteiger partial charge in [0.1, 0.15) is 17.1 Å². The lowest BCUT2D eigenvalue weighted by molar-refractivity contribution is -0.187. The number of allylic oxidation sites excluding steroid dienone is 2. The number of hydrogen-bond donors (Lipinski definition) is 3. The fraction of sp³-hybridized carbons (Fsp3) is 0.700. The first kappa shape index (κ1) is 32.1. The van der Waals surface area contributed by atoms with Gasteiger partial charge in [0.05, 0.1) is 36.7 Å². The summed E-state index contributed by atoms with van der Waals surface area (Å²) in [7, 11) is 0. The summed E-state index contributed by atoms with van der Waals surface area (Å²) in [4.78, 5) is 44.6. The predicted molar refractivity (Wildman–Crippen MR) is 161 cm³/mol. The lowest BCUT2D eigenvalue weighted by Gasteiger charge is -2.43. The summed E-state index contributed by atoms with van der Waals surface area (Å²) < 4.78 is 47.1. The smallest absolute Gasteiger partial charge is 0.391 e. The average molecular weight is 652 g/mol. The molecule has 45 heavy (non-hydrogen) atoms. The number of likely N-dealkylation sites (tertiary alicyclic amines) is 1. The van der Waals surface area contributed by atoms with Gasteiger partial charge in [0.2, 0.25) is 11.8 Å². The van der Waals surface area contributed by atoms with Crippen LogP contribution < -0.4 is 15.5 Å². The minimum atomic E-state index is -4.31. The van der Waals surface area contributed by atoms with Gasteiger partial charge in [-0.15, -0.1) is 11.3 Å². The molecule has 5 heterocycles. The van der Waals surface area contributed by atoms with Gasteiger partial charge in [0.15, 0.2) is 11.5 Å². The SMILES string of the molecule is C[C@@H](OCC1(CO)CC=CCC1)[C@H](NC(=O)C1CN(c2ncnc3ncsc23)CC12CNC2)C(=O)N1CCC(C(F)(F)F)CC1. The number of anilines is 1. The van der Waals surface area contributed by atoms with Gasteiger partial charge in [-0.25, -0.2) is 15.0 Å². The van der Waals surface area contributed by atoms with Crippen molar-refractivity contribution < 1.29 is 32.6 Å². The number of rotatable bonds is 9. The highest BCUT2D eigenvalue weighted by Crippen LogP contribution is 2.43. The van der Waals surface area contributed by atoms with E-state index in [1.54, 1.807) is 12.4 Å². The van der Waals surface area contributed by atoms with E-state index in [2.05, 4.69) is 36.6 Å². The van der Waals surface area contributed by atoms with Crippen molar-refractivity contribution in [3.63, 3.8) is 0 Å². The van der Waals surface area contributed by atoms with Crippen molar-refractivity contribution in [1.82, 2.24) is 30.5 Å². The van der Waals surface area contributed by atoms with Gasteiger partial charge >= 0.3 is 6.18 Å². The highest BCUT2D eigenvalue weighted by atomic mass is 32.1. The summed E-state index contributed by atoms with van der Waals surface area (Å²) in [6, 6.07) is -1.10. The van der Waals surface area contributed by atoms with Crippen LogP contribution in [0.25, 0.3) is 10.3 Å². The number of piperidine rings is 1. The van der Waals surface area contributed by atoms with Crippen molar-refractivity contribution in [2.75, 3.05) is 57.4 Å². The molecule has 3 saturated heterocycles. The molecular weight excluding hydrogens is 611 g/mol. The summed E-state index contributed by atoms with van der Waals surface area (Å²) in [5, 5.41) is 16.5. The van der Waals surface area contributed by atoms with Gasteiger partial charge < -0.3 is 30.3 Å². The fourth-order valence-corrected chi connectivity index (χ4v) is 7.88. The molecular formula is C30H40F3N7O4S. The van der Waals surface area contributed by atoms with Crippen LogP contribution in [0.5, 0.6) is 0 Å². The van der Waals surface area contributed by atoms with Crippen LogP contribution in [-0.4, -0.2) is 108 Å². The Hall–Kier alpha value is -2.88. The molecule has 4 aliphatic rings. The van der Waals surface area contributed by atoms with Crippen molar-refractivity contribution in [2.24, 2.45) is 22.7 Å². The van der Waals surface area contributed by atoms with E-state index in [4.69, 9.17) is 4.74 Å². The lowest BCUT2D eigenvalue weighted by Crippen LogP contribution is -2.63. The molecule has 0 bridgehead atoms. The summed E-state index contributed by atoms with van der Waals surface area (Å²) >= 11 is 1.44. The van der Waals surface area contributed by atoms with Gasteiger partial charge in [-0.3, -0.25) is 9.59 Å². The van der Waals surface area contributed by atoms with Crippen molar-refractivity contribution in [3.05, 3.63) is 24.0 Å². The summed E-state index contributed by atoms with van der Waals surface area (Å²) in [6.45, 7) is 3.94. The van der Waals surface area contributed by atoms with Crippen LogP contribution in [0.4, 0.5) is 19.0 Å². The number of aromatic nitrogens is 3. The molecule has 0 radical (unpaired) electrons. The number of amides is 2. The second-order valence-corrected chi connectivity index (χ2v) is 14.0. The van der Waals surface area contributed by atoms with Gasteiger partial charge in [0, 0.05) is 50.1 Å². The van der Waals surface area contributed by atoms with E-state index >= 15 is 0 Å². The fourth-order valence-electron chi connectivity index (χ4n) is 7.13. The predicted octanol–water partition coefficient (Wildman–Crippen LogP) is 2.52. The molecule has 3 fully saturated rings. The Kier molecular flexibility index (Phi) is 9.07. The van der Waals surface area contributed by atoms with Crippen LogP contribution in [-0.2, 0) is 14.3 Å². The maximum absolute atomic E-state index is 14.1. The van der Waals surface area contributed by atoms with Crippen molar-refractivity contribution in [3.8, 4) is 0 Å². The second kappa shape index (κ2) is 12.7. The number of ether oxygens (including phenoxy) is 1.